The molecule has 0 saturated heterocycles. The molecular formula is C9H18N2O2. The maximum absolute atomic E-state index is 11.2. The van der Waals surface area contributed by atoms with Crippen molar-refractivity contribution in [1.82, 2.24) is 5.48 Å². The fourth-order valence-corrected chi connectivity index (χ4v) is 1.89. The predicted molar refractivity (Wildman–Crippen MR) is 49.7 cm³/mol. The number of rotatable bonds is 4. The van der Waals surface area contributed by atoms with Gasteiger partial charge in [-0.1, -0.05) is 25.7 Å². The summed E-state index contributed by atoms with van der Waals surface area (Å²) in [5, 5.41) is 0. The molecule has 76 valence electrons. The smallest absolute Gasteiger partial charge is 0.260 e. The van der Waals surface area contributed by atoms with Crippen LogP contribution in [0.2, 0.25) is 0 Å². The molecule has 1 atom stereocenters. The highest BCUT2D eigenvalue weighted by atomic mass is 16.6. The average molecular weight is 186 g/mol. The van der Waals surface area contributed by atoms with E-state index in [-0.39, 0.29) is 5.91 Å². The van der Waals surface area contributed by atoms with Crippen molar-refractivity contribution < 1.29 is 9.63 Å². The second-order valence-corrected chi connectivity index (χ2v) is 3.66. The minimum absolute atomic E-state index is 0.214. The fraction of sp³-hybridized carbons (Fsp3) is 0.889. The quantitative estimate of drug-likeness (QED) is 0.631. The van der Waals surface area contributed by atoms with Crippen LogP contribution in [0, 0.1) is 5.92 Å². The van der Waals surface area contributed by atoms with Crippen molar-refractivity contribution in [2.45, 2.75) is 38.1 Å². The molecule has 4 nitrogen and oxygen atoms in total. The van der Waals surface area contributed by atoms with Crippen molar-refractivity contribution in [1.29, 1.82) is 0 Å². The predicted octanol–water partition coefficient (Wildman–Crippen LogP) is 0.572. The van der Waals surface area contributed by atoms with Crippen LogP contribution in [0.1, 0.15) is 32.1 Å². The minimum Gasteiger partial charge on any atom is -0.320 e. The molecule has 4 heteroatoms. The molecule has 0 bridgehead atoms. The topological polar surface area (TPSA) is 64.3 Å². The molecule has 0 aromatic heterocycles. The van der Waals surface area contributed by atoms with Crippen LogP contribution in [0.15, 0.2) is 0 Å². The summed E-state index contributed by atoms with van der Waals surface area (Å²) in [4.78, 5) is 15.7. The molecule has 3 N–H and O–H groups in total. The van der Waals surface area contributed by atoms with Gasteiger partial charge in [0.15, 0.2) is 0 Å². The number of nitrogens with two attached hydrogens (primary N) is 1. The largest absolute Gasteiger partial charge is 0.320 e. The lowest BCUT2D eigenvalue weighted by Crippen LogP contribution is -2.41. The highest BCUT2D eigenvalue weighted by molar-refractivity contribution is 5.80. The van der Waals surface area contributed by atoms with Gasteiger partial charge in [0.05, 0.1) is 13.2 Å². The number of nitrogens with one attached hydrogen (secondary N) is 1. The van der Waals surface area contributed by atoms with Crippen molar-refractivity contribution in [3.63, 3.8) is 0 Å². The zero-order chi connectivity index (χ0) is 9.68. The van der Waals surface area contributed by atoms with Gasteiger partial charge in [0.2, 0.25) is 0 Å². The number of carbonyl (C=O) groups is 1. The van der Waals surface area contributed by atoms with Gasteiger partial charge >= 0.3 is 0 Å². The van der Waals surface area contributed by atoms with E-state index in [9.17, 15) is 4.79 Å². The average Bonchev–Trinajstić information content (AvgIpc) is 2.57. The van der Waals surface area contributed by atoms with Gasteiger partial charge in [-0.2, -0.15) is 0 Å². The van der Waals surface area contributed by atoms with Crippen LogP contribution in [-0.2, 0) is 9.63 Å². The minimum atomic E-state index is -0.414. The Morgan fingerprint density at radius 1 is 1.62 bits per heavy atom. The Bertz CT molecular complexity index is 167. The zero-order valence-corrected chi connectivity index (χ0v) is 8.08. The molecule has 1 rings (SSSR count). The van der Waals surface area contributed by atoms with Crippen LogP contribution in [-0.4, -0.2) is 19.1 Å². The first-order chi connectivity index (χ1) is 6.24. The Labute approximate surface area is 78.8 Å². The monoisotopic (exact) mass is 186 g/mol. The number of amides is 1. The summed E-state index contributed by atoms with van der Waals surface area (Å²) in [6.07, 6.45) is 5.78. The molecular weight excluding hydrogens is 168 g/mol. The molecule has 1 saturated carbocycles. The first-order valence-corrected chi connectivity index (χ1v) is 4.82. The van der Waals surface area contributed by atoms with E-state index in [0.717, 1.165) is 6.42 Å². The third kappa shape index (κ3) is 3.32. The summed E-state index contributed by atoms with van der Waals surface area (Å²) in [6.45, 7) is 0. The Morgan fingerprint density at radius 2 is 2.23 bits per heavy atom. The normalized spacial score (nSPS) is 20.2. The van der Waals surface area contributed by atoms with Crippen LogP contribution >= 0.6 is 0 Å². The van der Waals surface area contributed by atoms with Gasteiger partial charge in [-0.25, -0.2) is 5.48 Å². The van der Waals surface area contributed by atoms with E-state index in [1.807, 2.05) is 0 Å². The highest BCUT2D eigenvalue weighted by Gasteiger charge is 2.21. The first kappa shape index (κ1) is 10.5. The van der Waals surface area contributed by atoms with Crippen molar-refractivity contribution in [2.75, 3.05) is 7.11 Å². The van der Waals surface area contributed by atoms with Crippen molar-refractivity contribution in [2.24, 2.45) is 11.7 Å². The SMILES string of the molecule is CONC(=O)C(N)CC1CCCC1. The van der Waals surface area contributed by atoms with E-state index in [1.165, 1.54) is 32.8 Å². The van der Waals surface area contributed by atoms with Gasteiger partial charge in [0.1, 0.15) is 0 Å². The standard InChI is InChI=1S/C9H18N2O2/c1-13-11-9(12)8(10)6-7-4-2-3-5-7/h7-8H,2-6,10H2,1H3,(H,11,12). The summed E-state index contributed by atoms with van der Waals surface area (Å²) in [5.74, 6) is 0.423. The van der Waals surface area contributed by atoms with Gasteiger partial charge in [-0.05, 0) is 12.3 Å². The molecule has 1 aliphatic carbocycles. The van der Waals surface area contributed by atoms with Gasteiger partial charge in [-0.15, -0.1) is 0 Å². The lowest BCUT2D eigenvalue weighted by molar-refractivity contribution is -0.133. The van der Waals surface area contributed by atoms with E-state index < -0.39 is 6.04 Å². The molecule has 0 heterocycles. The van der Waals surface area contributed by atoms with Crippen LogP contribution in [0.5, 0.6) is 0 Å². The molecule has 1 unspecified atom stereocenters. The Kier molecular flexibility index (Phi) is 4.18. The van der Waals surface area contributed by atoms with E-state index in [4.69, 9.17) is 5.73 Å². The Hall–Kier alpha value is -0.610. The summed E-state index contributed by atoms with van der Waals surface area (Å²) in [7, 11) is 1.42. The molecule has 1 fully saturated rings. The number of carbonyl (C=O) groups excluding carboxylic acids is 1. The molecule has 13 heavy (non-hydrogen) atoms. The number of hydroxylamine groups is 1. The van der Waals surface area contributed by atoms with Crippen LogP contribution < -0.4 is 11.2 Å². The third-order valence-electron chi connectivity index (χ3n) is 2.60. The van der Waals surface area contributed by atoms with Crippen LogP contribution in [0.4, 0.5) is 0 Å². The highest BCUT2D eigenvalue weighted by Crippen LogP contribution is 2.28. The molecule has 0 aromatic rings. The van der Waals surface area contributed by atoms with Gasteiger partial charge in [0, 0.05) is 0 Å². The Morgan fingerprint density at radius 3 is 2.77 bits per heavy atom. The molecule has 0 spiro atoms. The van der Waals surface area contributed by atoms with E-state index in [0.29, 0.717) is 5.92 Å². The number of hydrogen-bond acceptors (Lipinski definition) is 3. The maximum atomic E-state index is 11.2. The van der Waals surface area contributed by atoms with Crippen molar-refractivity contribution in [3.8, 4) is 0 Å². The summed E-state index contributed by atoms with van der Waals surface area (Å²) < 4.78 is 0. The Balaban J connectivity index is 2.22. The van der Waals surface area contributed by atoms with Crippen molar-refractivity contribution >= 4 is 5.91 Å². The first-order valence-electron chi connectivity index (χ1n) is 4.82. The molecule has 1 aliphatic rings. The third-order valence-corrected chi connectivity index (χ3v) is 2.60. The number of hydrogen-bond donors (Lipinski definition) is 2. The van der Waals surface area contributed by atoms with Gasteiger partial charge in [-0.3, -0.25) is 9.63 Å². The maximum Gasteiger partial charge on any atom is 0.260 e. The van der Waals surface area contributed by atoms with Crippen LogP contribution in [0.25, 0.3) is 0 Å². The lowest BCUT2D eigenvalue weighted by Gasteiger charge is -2.14. The van der Waals surface area contributed by atoms with Gasteiger partial charge in [0.25, 0.3) is 5.91 Å². The van der Waals surface area contributed by atoms with Crippen molar-refractivity contribution in [3.05, 3.63) is 0 Å². The summed E-state index contributed by atoms with van der Waals surface area (Å²) in [5.41, 5.74) is 7.95. The van der Waals surface area contributed by atoms with E-state index in [1.54, 1.807) is 0 Å². The molecule has 1 amide bonds. The van der Waals surface area contributed by atoms with Crippen LogP contribution in [0.3, 0.4) is 0 Å². The lowest BCUT2D eigenvalue weighted by atomic mass is 9.99. The molecule has 0 aromatic carbocycles. The summed E-state index contributed by atoms with van der Waals surface area (Å²) >= 11 is 0. The second kappa shape index (κ2) is 5.19. The fourth-order valence-electron chi connectivity index (χ4n) is 1.89. The van der Waals surface area contributed by atoms with Gasteiger partial charge < -0.3 is 5.73 Å². The molecule has 0 aliphatic heterocycles. The molecule has 0 radical (unpaired) electrons. The van der Waals surface area contributed by atoms with E-state index in [2.05, 4.69) is 10.3 Å². The zero-order valence-electron chi connectivity index (χ0n) is 8.08. The van der Waals surface area contributed by atoms with E-state index >= 15 is 0 Å². The second-order valence-electron chi connectivity index (χ2n) is 3.66. The summed E-state index contributed by atoms with van der Waals surface area (Å²) in [6, 6.07) is -0.414.